The predicted molar refractivity (Wildman–Crippen MR) is 62.1 cm³/mol. The van der Waals surface area contributed by atoms with Crippen molar-refractivity contribution in [3.63, 3.8) is 0 Å². The molecule has 5 heteroatoms. The minimum atomic E-state index is -0.804. The van der Waals surface area contributed by atoms with Gasteiger partial charge in [0.05, 0.1) is 12.3 Å². The topological polar surface area (TPSA) is 46.0 Å². The molecule has 0 amide bonds. The maximum Gasteiger partial charge on any atom is 0.127 e. The van der Waals surface area contributed by atoms with E-state index in [2.05, 4.69) is 10.2 Å². The van der Waals surface area contributed by atoms with Crippen LogP contribution in [0.3, 0.4) is 0 Å². The fourth-order valence-corrected chi connectivity index (χ4v) is 1.67. The number of aliphatic hydroxyl groups excluding tert-OH is 1. The number of rotatable bonds is 3. The zero-order valence-corrected chi connectivity index (χ0v) is 9.60. The maximum atomic E-state index is 13.5. The second kappa shape index (κ2) is 5.21. The summed E-state index contributed by atoms with van der Waals surface area (Å²) in [5, 5.41) is 17.5. The summed E-state index contributed by atoms with van der Waals surface area (Å²) in [5.74, 6) is -0.418. The molecular weight excluding hydrogens is 243 g/mol. The lowest BCUT2D eigenvalue weighted by atomic mass is 10.0. The van der Waals surface area contributed by atoms with Gasteiger partial charge in [0.1, 0.15) is 5.82 Å². The van der Waals surface area contributed by atoms with Crippen molar-refractivity contribution in [2.24, 2.45) is 0 Å². The Labute approximate surface area is 103 Å². The van der Waals surface area contributed by atoms with Gasteiger partial charge in [-0.25, -0.2) is 4.39 Å². The normalized spacial score (nSPS) is 12.4. The summed E-state index contributed by atoms with van der Waals surface area (Å²) >= 11 is 5.65. The Morgan fingerprint density at radius 1 is 1.29 bits per heavy atom. The van der Waals surface area contributed by atoms with Crippen LogP contribution in [0.5, 0.6) is 0 Å². The van der Waals surface area contributed by atoms with Crippen molar-refractivity contribution in [2.75, 3.05) is 0 Å². The van der Waals surface area contributed by atoms with Gasteiger partial charge >= 0.3 is 0 Å². The zero-order chi connectivity index (χ0) is 12.3. The van der Waals surface area contributed by atoms with Gasteiger partial charge in [-0.1, -0.05) is 17.7 Å². The molecule has 0 spiro atoms. The average molecular weight is 253 g/mol. The third-order valence-electron chi connectivity index (χ3n) is 2.42. The monoisotopic (exact) mass is 252 g/mol. The van der Waals surface area contributed by atoms with Gasteiger partial charge in [-0.05, 0) is 23.8 Å². The smallest absolute Gasteiger partial charge is 0.127 e. The van der Waals surface area contributed by atoms with E-state index in [-0.39, 0.29) is 6.42 Å². The number of benzene rings is 1. The number of aromatic nitrogens is 2. The van der Waals surface area contributed by atoms with Crippen LogP contribution >= 0.6 is 11.6 Å². The van der Waals surface area contributed by atoms with E-state index in [9.17, 15) is 9.50 Å². The van der Waals surface area contributed by atoms with Crippen LogP contribution in [0.25, 0.3) is 0 Å². The van der Waals surface area contributed by atoms with Gasteiger partial charge in [0.25, 0.3) is 0 Å². The summed E-state index contributed by atoms with van der Waals surface area (Å²) in [6.45, 7) is 0. The maximum absolute atomic E-state index is 13.5. The van der Waals surface area contributed by atoms with Crippen molar-refractivity contribution in [3.05, 3.63) is 58.6 Å². The van der Waals surface area contributed by atoms with Crippen molar-refractivity contribution in [3.8, 4) is 0 Å². The molecule has 0 bridgehead atoms. The van der Waals surface area contributed by atoms with Gasteiger partial charge in [-0.15, -0.1) is 0 Å². The average Bonchev–Trinajstić information content (AvgIpc) is 2.34. The summed E-state index contributed by atoms with van der Waals surface area (Å²) in [7, 11) is 0. The molecule has 0 saturated carbocycles. The number of nitrogens with zero attached hydrogens (tertiary/aromatic N) is 2. The van der Waals surface area contributed by atoms with E-state index >= 15 is 0 Å². The highest BCUT2D eigenvalue weighted by atomic mass is 35.5. The minimum absolute atomic E-state index is 0.175. The molecule has 0 radical (unpaired) electrons. The van der Waals surface area contributed by atoms with Gasteiger partial charge in [-0.2, -0.15) is 10.2 Å². The summed E-state index contributed by atoms with van der Waals surface area (Å²) in [5.41, 5.74) is 1.02. The van der Waals surface area contributed by atoms with E-state index < -0.39 is 11.9 Å². The highest BCUT2D eigenvalue weighted by molar-refractivity contribution is 6.30. The van der Waals surface area contributed by atoms with Gasteiger partial charge < -0.3 is 5.11 Å². The Morgan fingerprint density at radius 3 is 2.76 bits per heavy atom. The fraction of sp³-hybridized carbons (Fsp3) is 0.167. The number of aliphatic hydroxyl groups is 1. The first kappa shape index (κ1) is 12.0. The lowest BCUT2D eigenvalue weighted by Crippen LogP contribution is -2.04. The molecule has 1 heterocycles. The van der Waals surface area contributed by atoms with Crippen molar-refractivity contribution >= 4 is 11.6 Å². The molecule has 1 N–H and O–H groups in total. The van der Waals surface area contributed by atoms with Gasteiger partial charge in [0, 0.05) is 23.2 Å². The van der Waals surface area contributed by atoms with E-state index in [0.29, 0.717) is 16.1 Å². The Hall–Kier alpha value is -1.52. The third kappa shape index (κ3) is 2.99. The lowest BCUT2D eigenvalue weighted by molar-refractivity contribution is 0.176. The Bertz CT molecular complexity index is 507. The molecule has 1 unspecified atom stereocenters. The Kier molecular flexibility index (Phi) is 3.66. The first-order valence-corrected chi connectivity index (χ1v) is 5.43. The molecule has 17 heavy (non-hydrogen) atoms. The largest absolute Gasteiger partial charge is 0.388 e. The summed E-state index contributed by atoms with van der Waals surface area (Å²) in [6.07, 6.45) is 2.31. The highest BCUT2D eigenvalue weighted by Gasteiger charge is 2.12. The predicted octanol–water partition coefficient (Wildman–Crippen LogP) is 2.55. The Balaban J connectivity index is 2.16. The van der Waals surface area contributed by atoms with Gasteiger partial charge in [0.15, 0.2) is 0 Å². The van der Waals surface area contributed by atoms with Gasteiger partial charge in [0.2, 0.25) is 0 Å². The molecule has 0 saturated heterocycles. The second-order valence-corrected chi connectivity index (χ2v) is 4.07. The molecule has 1 atom stereocenters. The molecule has 0 aliphatic carbocycles. The molecule has 2 rings (SSSR count). The van der Waals surface area contributed by atoms with Crippen LogP contribution in [0.4, 0.5) is 4.39 Å². The van der Waals surface area contributed by atoms with E-state index in [4.69, 9.17) is 11.6 Å². The number of halogens is 2. The molecule has 1 aromatic heterocycles. The molecule has 0 fully saturated rings. The molecule has 3 nitrogen and oxygen atoms in total. The van der Waals surface area contributed by atoms with Crippen LogP contribution in [-0.2, 0) is 6.42 Å². The van der Waals surface area contributed by atoms with Crippen LogP contribution in [0.1, 0.15) is 17.2 Å². The van der Waals surface area contributed by atoms with Gasteiger partial charge in [-0.3, -0.25) is 0 Å². The van der Waals surface area contributed by atoms with E-state index in [0.717, 1.165) is 0 Å². The molecule has 0 aliphatic heterocycles. The van der Waals surface area contributed by atoms with Crippen LogP contribution in [0.15, 0.2) is 36.7 Å². The van der Waals surface area contributed by atoms with Crippen LogP contribution in [-0.4, -0.2) is 15.3 Å². The molecule has 2 aromatic rings. The van der Waals surface area contributed by atoms with E-state index in [1.165, 1.54) is 18.5 Å². The summed E-state index contributed by atoms with van der Waals surface area (Å²) < 4.78 is 13.5. The minimum Gasteiger partial charge on any atom is -0.388 e. The van der Waals surface area contributed by atoms with Crippen LogP contribution in [0, 0.1) is 5.82 Å². The van der Waals surface area contributed by atoms with Crippen LogP contribution < -0.4 is 0 Å². The summed E-state index contributed by atoms with van der Waals surface area (Å²) in [6, 6.07) is 6.03. The highest BCUT2D eigenvalue weighted by Crippen LogP contribution is 2.21. The van der Waals surface area contributed by atoms with Crippen LogP contribution in [0.2, 0.25) is 5.02 Å². The molecule has 1 aromatic carbocycles. The standard InChI is InChI=1S/C12H10ClFN2O/c13-10-2-1-8(11(14)6-10)5-12(17)9-3-4-15-16-7-9/h1-4,6-7,12,17H,5H2. The second-order valence-electron chi connectivity index (χ2n) is 3.63. The lowest BCUT2D eigenvalue weighted by Gasteiger charge is -2.10. The summed E-state index contributed by atoms with van der Waals surface area (Å²) in [4.78, 5) is 0. The number of hydrogen-bond acceptors (Lipinski definition) is 3. The molecule has 88 valence electrons. The molecule has 0 aliphatic rings. The van der Waals surface area contributed by atoms with Crippen molar-refractivity contribution < 1.29 is 9.50 Å². The molecular formula is C12H10ClFN2O. The van der Waals surface area contributed by atoms with Crippen molar-refractivity contribution in [1.29, 1.82) is 0 Å². The van der Waals surface area contributed by atoms with E-state index in [1.54, 1.807) is 18.2 Å². The zero-order valence-electron chi connectivity index (χ0n) is 8.85. The SMILES string of the molecule is OC(Cc1ccc(Cl)cc1F)c1ccnnc1. The third-order valence-corrected chi connectivity index (χ3v) is 2.66. The fourth-order valence-electron chi connectivity index (χ4n) is 1.51. The number of hydrogen-bond donors (Lipinski definition) is 1. The first-order chi connectivity index (χ1) is 8.16. The van der Waals surface area contributed by atoms with E-state index in [1.807, 2.05) is 0 Å². The first-order valence-electron chi connectivity index (χ1n) is 5.05. The van der Waals surface area contributed by atoms with Crippen molar-refractivity contribution in [1.82, 2.24) is 10.2 Å². The Morgan fingerprint density at radius 2 is 2.12 bits per heavy atom. The quantitative estimate of drug-likeness (QED) is 0.913. The van der Waals surface area contributed by atoms with Crippen molar-refractivity contribution in [2.45, 2.75) is 12.5 Å².